The van der Waals surface area contributed by atoms with Gasteiger partial charge < -0.3 is 9.82 Å². The monoisotopic (exact) mass is 300 g/mol. The van der Waals surface area contributed by atoms with Gasteiger partial charge in [-0.1, -0.05) is 35.0 Å². The average molecular weight is 301 g/mol. The summed E-state index contributed by atoms with van der Waals surface area (Å²) in [7, 11) is 0. The van der Waals surface area contributed by atoms with Gasteiger partial charge in [-0.2, -0.15) is 0 Å². The van der Waals surface area contributed by atoms with Crippen LogP contribution in [0, 0.1) is 0 Å². The Hall–Kier alpha value is -2.33. The van der Waals surface area contributed by atoms with Gasteiger partial charge in [-0.25, -0.2) is 0 Å². The maximum absolute atomic E-state index is 12.3. The van der Waals surface area contributed by atoms with Gasteiger partial charge in [0.1, 0.15) is 12.0 Å². The highest BCUT2D eigenvalue weighted by Crippen LogP contribution is 2.15. The van der Waals surface area contributed by atoms with E-state index in [0.29, 0.717) is 27.9 Å². The molecule has 0 aliphatic carbocycles. The topological polar surface area (TPSA) is 54.4 Å². The SMILES string of the molecule is CCO/N=c1/c2cc(Cl)ccc2[nH]c(=O)c2ccccc12. The Balaban J connectivity index is 2.65. The van der Waals surface area contributed by atoms with E-state index in [4.69, 9.17) is 16.4 Å². The van der Waals surface area contributed by atoms with E-state index in [1.165, 1.54) is 0 Å². The first kappa shape index (κ1) is 13.6. The van der Waals surface area contributed by atoms with E-state index in [9.17, 15) is 4.79 Å². The van der Waals surface area contributed by atoms with Crippen LogP contribution in [0.15, 0.2) is 52.4 Å². The second kappa shape index (κ2) is 5.58. The van der Waals surface area contributed by atoms with E-state index in [0.717, 1.165) is 10.8 Å². The number of halogens is 1. The fraction of sp³-hybridized carbons (Fsp3) is 0.125. The first-order chi connectivity index (χ1) is 10.2. The minimum atomic E-state index is -0.170. The summed E-state index contributed by atoms with van der Waals surface area (Å²) < 4.78 is 0. The molecule has 1 aromatic heterocycles. The predicted molar refractivity (Wildman–Crippen MR) is 84.3 cm³/mol. The van der Waals surface area contributed by atoms with Gasteiger partial charge in [0.25, 0.3) is 5.56 Å². The van der Waals surface area contributed by atoms with Crippen molar-refractivity contribution in [2.45, 2.75) is 6.92 Å². The third-order valence-electron chi connectivity index (χ3n) is 3.20. The summed E-state index contributed by atoms with van der Waals surface area (Å²) in [6.07, 6.45) is 0. The summed E-state index contributed by atoms with van der Waals surface area (Å²) in [4.78, 5) is 20.4. The van der Waals surface area contributed by atoms with E-state index in [1.807, 2.05) is 25.1 Å². The number of aromatic nitrogens is 1. The maximum Gasteiger partial charge on any atom is 0.256 e. The molecule has 0 aliphatic rings. The molecule has 0 saturated heterocycles. The maximum atomic E-state index is 12.3. The third kappa shape index (κ3) is 2.50. The molecule has 0 unspecified atom stereocenters. The largest absolute Gasteiger partial charge is 0.396 e. The summed E-state index contributed by atoms with van der Waals surface area (Å²) in [5, 5.41) is 7.39. The molecule has 21 heavy (non-hydrogen) atoms. The zero-order chi connectivity index (χ0) is 14.8. The number of hydrogen-bond donors (Lipinski definition) is 1. The molecule has 0 fully saturated rings. The first-order valence-corrected chi connectivity index (χ1v) is 6.99. The van der Waals surface area contributed by atoms with Crippen molar-refractivity contribution in [3.8, 4) is 0 Å². The standard InChI is InChI=1S/C16H13ClN2O2/c1-2-21-19-15-11-5-3-4-6-12(11)16(20)18-14-8-7-10(17)9-13(14)15/h3-9H,2H2,1H3,(H,18,20)/b19-15+. The van der Waals surface area contributed by atoms with E-state index < -0.39 is 0 Å². The van der Waals surface area contributed by atoms with E-state index >= 15 is 0 Å². The van der Waals surface area contributed by atoms with Gasteiger partial charge in [0.15, 0.2) is 0 Å². The van der Waals surface area contributed by atoms with Crippen LogP contribution in [0.3, 0.4) is 0 Å². The molecule has 1 N–H and O–H groups in total. The average Bonchev–Trinajstić information content (AvgIpc) is 2.61. The lowest BCUT2D eigenvalue weighted by molar-refractivity contribution is 0.149. The number of nitrogens with one attached hydrogen (secondary N) is 1. The Bertz CT molecular complexity index is 948. The molecule has 1 heterocycles. The smallest absolute Gasteiger partial charge is 0.256 e. The summed E-state index contributed by atoms with van der Waals surface area (Å²) in [5.41, 5.74) is 0.495. The molecule has 0 amide bonds. The lowest BCUT2D eigenvalue weighted by Crippen LogP contribution is -2.05. The summed E-state index contributed by atoms with van der Waals surface area (Å²) >= 11 is 6.08. The Labute approximate surface area is 125 Å². The molecule has 0 bridgehead atoms. The van der Waals surface area contributed by atoms with Gasteiger partial charge in [-0.3, -0.25) is 4.79 Å². The normalized spacial score (nSPS) is 12.0. The van der Waals surface area contributed by atoms with Crippen molar-refractivity contribution in [3.63, 3.8) is 0 Å². The van der Waals surface area contributed by atoms with Crippen LogP contribution in [0.5, 0.6) is 0 Å². The highest BCUT2D eigenvalue weighted by molar-refractivity contribution is 6.31. The van der Waals surface area contributed by atoms with E-state index in [2.05, 4.69) is 10.1 Å². The molecular formula is C16H13ClN2O2. The van der Waals surface area contributed by atoms with Gasteiger partial charge in [0, 0.05) is 21.2 Å². The van der Waals surface area contributed by atoms with Crippen molar-refractivity contribution in [2.75, 3.05) is 6.61 Å². The van der Waals surface area contributed by atoms with Crippen molar-refractivity contribution < 1.29 is 4.84 Å². The second-order valence-corrected chi connectivity index (χ2v) is 4.98. The Kier molecular flexibility index (Phi) is 3.62. The minimum absolute atomic E-state index is 0.170. The van der Waals surface area contributed by atoms with Gasteiger partial charge in [0.2, 0.25) is 0 Å². The van der Waals surface area contributed by atoms with Crippen LogP contribution in [0.25, 0.3) is 21.7 Å². The van der Waals surface area contributed by atoms with Crippen molar-refractivity contribution in [1.29, 1.82) is 0 Å². The molecule has 3 rings (SSSR count). The van der Waals surface area contributed by atoms with Gasteiger partial charge in [0.05, 0.1) is 5.52 Å². The fourth-order valence-electron chi connectivity index (χ4n) is 2.27. The molecule has 0 radical (unpaired) electrons. The number of H-pyrrole nitrogens is 1. The molecular weight excluding hydrogens is 288 g/mol. The molecule has 2 aromatic carbocycles. The van der Waals surface area contributed by atoms with Gasteiger partial charge >= 0.3 is 0 Å². The van der Waals surface area contributed by atoms with Crippen LogP contribution in [-0.4, -0.2) is 11.6 Å². The summed E-state index contributed by atoms with van der Waals surface area (Å²) in [6, 6.07) is 12.6. The molecule has 4 nitrogen and oxygen atoms in total. The number of nitrogens with zero attached hydrogens (tertiary/aromatic N) is 1. The highest BCUT2D eigenvalue weighted by atomic mass is 35.5. The van der Waals surface area contributed by atoms with Crippen molar-refractivity contribution in [3.05, 3.63) is 63.2 Å². The molecule has 0 aliphatic heterocycles. The number of aromatic amines is 1. The number of rotatable bonds is 2. The Morgan fingerprint density at radius 3 is 2.67 bits per heavy atom. The lowest BCUT2D eigenvalue weighted by atomic mass is 10.1. The molecule has 0 spiro atoms. The Morgan fingerprint density at radius 2 is 1.90 bits per heavy atom. The number of fused-ring (bicyclic) bond motifs is 2. The van der Waals surface area contributed by atoms with E-state index in [1.54, 1.807) is 24.3 Å². The zero-order valence-corrected chi connectivity index (χ0v) is 12.1. The van der Waals surface area contributed by atoms with Gasteiger partial charge in [-0.05, 0) is 31.2 Å². The van der Waals surface area contributed by atoms with E-state index in [-0.39, 0.29) is 5.56 Å². The minimum Gasteiger partial charge on any atom is -0.396 e. The molecule has 0 saturated carbocycles. The summed E-state index contributed by atoms with van der Waals surface area (Å²) in [6.45, 7) is 2.30. The predicted octanol–water partition coefficient (Wildman–Crippen LogP) is 3.19. The van der Waals surface area contributed by atoms with Crippen molar-refractivity contribution in [1.82, 2.24) is 4.98 Å². The van der Waals surface area contributed by atoms with Crippen molar-refractivity contribution in [2.24, 2.45) is 5.16 Å². The first-order valence-electron chi connectivity index (χ1n) is 6.61. The molecule has 3 aromatic rings. The Morgan fingerprint density at radius 1 is 1.14 bits per heavy atom. The zero-order valence-electron chi connectivity index (χ0n) is 11.4. The molecule has 106 valence electrons. The van der Waals surface area contributed by atoms with Crippen molar-refractivity contribution >= 4 is 33.3 Å². The molecule has 5 heteroatoms. The highest BCUT2D eigenvalue weighted by Gasteiger charge is 2.05. The second-order valence-electron chi connectivity index (χ2n) is 4.55. The number of benzene rings is 2. The van der Waals surface area contributed by atoms with Crippen LogP contribution in [0.2, 0.25) is 5.02 Å². The number of hydrogen-bond acceptors (Lipinski definition) is 3. The van der Waals surface area contributed by atoms with Crippen LogP contribution < -0.4 is 10.9 Å². The van der Waals surface area contributed by atoms with Crippen LogP contribution in [0.1, 0.15) is 6.92 Å². The molecule has 0 atom stereocenters. The van der Waals surface area contributed by atoms with Crippen LogP contribution >= 0.6 is 11.6 Å². The lowest BCUT2D eigenvalue weighted by Gasteiger charge is -1.97. The third-order valence-corrected chi connectivity index (χ3v) is 3.43. The quantitative estimate of drug-likeness (QED) is 0.739. The van der Waals surface area contributed by atoms with Gasteiger partial charge in [-0.15, -0.1) is 0 Å². The van der Waals surface area contributed by atoms with Crippen LogP contribution in [-0.2, 0) is 4.84 Å². The fourth-order valence-corrected chi connectivity index (χ4v) is 2.44. The van der Waals surface area contributed by atoms with Crippen LogP contribution in [0.4, 0.5) is 0 Å². The summed E-state index contributed by atoms with van der Waals surface area (Å²) in [5.74, 6) is 0.